The van der Waals surface area contributed by atoms with Crippen LogP contribution in [0.15, 0.2) is 18.3 Å². The van der Waals surface area contributed by atoms with Crippen molar-refractivity contribution in [3.05, 3.63) is 23.9 Å². The standard InChI is InChI=1S/C16H20F3N3O/c1-21(15(23)11-4-5-11)13-3-2-8-22(10-13)14-9-12(6-7-20-14)16(17,18)19/h6-7,9,11,13H,2-5,8,10H2,1H3. The highest BCUT2D eigenvalue weighted by molar-refractivity contribution is 5.81. The third kappa shape index (κ3) is 3.59. The molecule has 1 unspecified atom stereocenters. The smallest absolute Gasteiger partial charge is 0.355 e. The molecule has 0 bridgehead atoms. The van der Waals surface area contributed by atoms with Crippen LogP contribution in [0.25, 0.3) is 0 Å². The highest BCUT2D eigenvalue weighted by atomic mass is 19.4. The molecule has 1 saturated carbocycles. The van der Waals surface area contributed by atoms with E-state index in [1.165, 1.54) is 6.20 Å². The normalized spacial score (nSPS) is 22.1. The van der Waals surface area contributed by atoms with E-state index in [0.29, 0.717) is 18.9 Å². The van der Waals surface area contributed by atoms with Gasteiger partial charge in [-0.05, 0) is 37.8 Å². The Balaban J connectivity index is 1.72. The minimum absolute atomic E-state index is 0.0354. The number of hydrogen-bond donors (Lipinski definition) is 0. The minimum atomic E-state index is -4.37. The van der Waals surface area contributed by atoms with Crippen molar-refractivity contribution in [1.82, 2.24) is 9.88 Å². The van der Waals surface area contributed by atoms with Gasteiger partial charge in [-0.3, -0.25) is 4.79 Å². The number of carbonyl (C=O) groups excluding carboxylic acids is 1. The third-order valence-corrected chi connectivity index (χ3v) is 4.62. The van der Waals surface area contributed by atoms with E-state index in [4.69, 9.17) is 0 Å². The van der Waals surface area contributed by atoms with E-state index < -0.39 is 11.7 Å². The number of aromatic nitrogens is 1. The van der Waals surface area contributed by atoms with E-state index in [1.54, 1.807) is 11.9 Å². The summed E-state index contributed by atoms with van der Waals surface area (Å²) >= 11 is 0. The van der Waals surface area contributed by atoms with Crippen molar-refractivity contribution in [2.75, 3.05) is 25.0 Å². The lowest BCUT2D eigenvalue weighted by molar-refractivity contribution is -0.137. The van der Waals surface area contributed by atoms with E-state index in [0.717, 1.165) is 37.8 Å². The summed E-state index contributed by atoms with van der Waals surface area (Å²) in [6.45, 7) is 1.19. The summed E-state index contributed by atoms with van der Waals surface area (Å²) in [5.41, 5.74) is -0.688. The number of hydrogen-bond acceptors (Lipinski definition) is 3. The van der Waals surface area contributed by atoms with Gasteiger partial charge in [-0.2, -0.15) is 13.2 Å². The molecule has 0 N–H and O–H groups in total. The van der Waals surface area contributed by atoms with Crippen LogP contribution in [-0.4, -0.2) is 42.0 Å². The largest absolute Gasteiger partial charge is 0.416 e. The van der Waals surface area contributed by atoms with Crippen molar-refractivity contribution < 1.29 is 18.0 Å². The zero-order valence-electron chi connectivity index (χ0n) is 13.0. The monoisotopic (exact) mass is 327 g/mol. The van der Waals surface area contributed by atoms with Gasteiger partial charge in [0.2, 0.25) is 5.91 Å². The van der Waals surface area contributed by atoms with E-state index >= 15 is 0 Å². The summed E-state index contributed by atoms with van der Waals surface area (Å²) in [6, 6.07) is 2.10. The lowest BCUT2D eigenvalue weighted by Gasteiger charge is -2.38. The first kappa shape index (κ1) is 16.1. The molecule has 3 rings (SSSR count). The number of alkyl halides is 3. The molecule has 1 saturated heterocycles. The van der Waals surface area contributed by atoms with Gasteiger partial charge in [0.15, 0.2) is 0 Å². The number of nitrogens with zero attached hydrogens (tertiary/aromatic N) is 3. The fourth-order valence-electron chi connectivity index (χ4n) is 3.04. The fraction of sp³-hybridized carbons (Fsp3) is 0.625. The van der Waals surface area contributed by atoms with Crippen molar-refractivity contribution in [2.24, 2.45) is 5.92 Å². The van der Waals surface area contributed by atoms with Gasteiger partial charge >= 0.3 is 6.18 Å². The Morgan fingerprint density at radius 3 is 2.74 bits per heavy atom. The number of pyridine rings is 1. The summed E-state index contributed by atoms with van der Waals surface area (Å²) in [5, 5.41) is 0. The maximum atomic E-state index is 12.8. The molecule has 2 aliphatic rings. The Kier molecular flexibility index (Phi) is 4.21. The van der Waals surface area contributed by atoms with Crippen LogP contribution in [0.5, 0.6) is 0 Å². The zero-order chi connectivity index (χ0) is 16.6. The average molecular weight is 327 g/mol. The second kappa shape index (κ2) is 6.02. The van der Waals surface area contributed by atoms with Crippen LogP contribution in [0, 0.1) is 5.92 Å². The van der Waals surface area contributed by atoms with Crippen LogP contribution in [-0.2, 0) is 11.0 Å². The Hall–Kier alpha value is -1.79. The molecule has 4 nitrogen and oxygen atoms in total. The van der Waals surface area contributed by atoms with Gasteiger partial charge in [-0.25, -0.2) is 4.98 Å². The molecule has 1 aromatic heterocycles. The molecule has 1 aliphatic carbocycles. The van der Waals surface area contributed by atoms with Gasteiger partial charge < -0.3 is 9.80 Å². The Labute approximate surface area is 133 Å². The van der Waals surface area contributed by atoms with E-state index in [9.17, 15) is 18.0 Å². The van der Waals surface area contributed by atoms with Crippen LogP contribution >= 0.6 is 0 Å². The lowest BCUT2D eigenvalue weighted by atomic mass is 10.0. The second-order valence-corrected chi connectivity index (χ2v) is 6.37. The van der Waals surface area contributed by atoms with Crippen LogP contribution in [0.1, 0.15) is 31.2 Å². The zero-order valence-corrected chi connectivity index (χ0v) is 13.0. The van der Waals surface area contributed by atoms with Crippen molar-refractivity contribution in [3.8, 4) is 0 Å². The van der Waals surface area contributed by atoms with Crippen molar-refractivity contribution in [2.45, 2.75) is 37.9 Å². The van der Waals surface area contributed by atoms with Crippen LogP contribution in [0.4, 0.5) is 19.0 Å². The highest BCUT2D eigenvalue weighted by Gasteiger charge is 2.36. The molecule has 0 aromatic carbocycles. The van der Waals surface area contributed by atoms with Gasteiger partial charge in [0.05, 0.1) is 5.56 Å². The lowest BCUT2D eigenvalue weighted by Crippen LogP contribution is -2.49. The van der Waals surface area contributed by atoms with E-state index in [1.807, 2.05) is 4.90 Å². The van der Waals surface area contributed by atoms with Crippen LogP contribution < -0.4 is 4.90 Å². The summed E-state index contributed by atoms with van der Waals surface area (Å²) in [7, 11) is 1.80. The molecule has 1 aliphatic heterocycles. The number of halogens is 3. The van der Waals surface area contributed by atoms with Crippen molar-refractivity contribution in [1.29, 1.82) is 0 Å². The summed E-state index contributed by atoms with van der Waals surface area (Å²) < 4.78 is 38.5. The maximum Gasteiger partial charge on any atom is 0.416 e. The first-order valence-corrected chi connectivity index (χ1v) is 7.91. The number of likely N-dealkylation sites (N-methyl/N-ethyl adjacent to an activating group) is 1. The van der Waals surface area contributed by atoms with Crippen LogP contribution in [0.2, 0.25) is 0 Å². The molecule has 1 atom stereocenters. The predicted octanol–water partition coefficient (Wildman–Crippen LogP) is 2.94. The molecule has 126 valence electrons. The van der Waals surface area contributed by atoms with Gasteiger partial charge in [0, 0.05) is 38.3 Å². The molecule has 2 fully saturated rings. The Morgan fingerprint density at radius 2 is 2.09 bits per heavy atom. The minimum Gasteiger partial charge on any atom is -0.355 e. The topological polar surface area (TPSA) is 36.4 Å². The van der Waals surface area contributed by atoms with E-state index in [-0.39, 0.29) is 17.9 Å². The number of carbonyl (C=O) groups is 1. The number of piperidine rings is 1. The van der Waals surface area contributed by atoms with Gasteiger partial charge in [0.1, 0.15) is 5.82 Å². The fourth-order valence-corrected chi connectivity index (χ4v) is 3.04. The third-order valence-electron chi connectivity index (χ3n) is 4.62. The first-order valence-electron chi connectivity index (χ1n) is 7.91. The van der Waals surface area contributed by atoms with Gasteiger partial charge in [0.25, 0.3) is 0 Å². The molecule has 23 heavy (non-hydrogen) atoms. The SMILES string of the molecule is CN(C(=O)C1CC1)C1CCCN(c2cc(C(F)(F)F)ccn2)C1. The summed E-state index contributed by atoms with van der Waals surface area (Å²) in [4.78, 5) is 19.9. The maximum absolute atomic E-state index is 12.8. The van der Waals surface area contributed by atoms with E-state index in [2.05, 4.69) is 4.98 Å². The Bertz CT molecular complexity index is 586. The van der Waals surface area contributed by atoms with Crippen molar-refractivity contribution in [3.63, 3.8) is 0 Å². The molecule has 1 amide bonds. The molecule has 7 heteroatoms. The molecule has 0 spiro atoms. The Morgan fingerprint density at radius 1 is 1.35 bits per heavy atom. The first-order chi connectivity index (χ1) is 10.9. The highest BCUT2D eigenvalue weighted by Crippen LogP contribution is 2.33. The van der Waals surface area contributed by atoms with Gasteiger partial charge in [-0.15, -0.1) is 0 Å². The second-order valence-electron chi connectivity index (χ2n) is 6.37. The molecular formula is C16H20F3N3O. The number of anilines is 1. The molecule has 1 aromatic rings. The average Bonchev–Trinajstić information content (AvgIpc) is 3.38. The van der Waals surface area contributed by atoms with Crippen molar-refractivity contribution >= 4 is 11.7 Å². The van der Waals surface area contributed by atoms with Crippen LogP contribution in [0.3, 0.4) is 0 Å². The number of rotatable bonds is 3. The molecular weight excluding hydrogens is 307 g/mol. The number of amides is 1. The molecule has 0 radical (unpaired) electrons. The quantitative estimate of drug-likeness (QED) is 0.856. The summed E-state index contributed by atoms with van der Waals surface area (Å²) in [5.74, 6) is 0.646. The summed E-state index contributed by atoms with van der Waals surface area (Å²) in [6.07, 6.45) is 0.450. The molecule has 2 heterocycles. The predicted molar refractivity (Wildman–Crippen MR) is 80.0 cm³/mol. The van der Waals surface area contributed by atoms with Gasteiger partial charge in [-0.1, -0.05) is 0 Å².